The van der Waals surface area contributed by atoms with Crippen LogP contribution in [0.2, 0.25) is 0 Å². The van der Waals surface area contributed by atoms with E-state index in [1.807, 2.05) is 30.0 Å². The molecule has 6 heteroatoms. The summed E-state index contributed by atoms with van der Waals surface area (Å²) in [6.45, 7) is 2.02. The van der Waals surface area contributed by atoms with Crippen LogP contribution < -0.4 is 15.6 Å². The van der Waals surface area contributed by atoms with Crippen molar-refractivity contribution in [2.24, 2.45) is 0 Å². The minimum absolute atomic E-state index is 0.180. The van der Waals surface area contributed by atoms with E-state index in [1.54, 1.807) is 18.2 Å². The third-order valence-corrected chi connectivity index (χ3v) is 5.07. The Morgan fingerprint density at radius 3 is 2.67 bits per heavy atom. The molecular weight excluding hydrogens is 360 g/mol. The normalized spacial score (nSPS) is 10.7. The molecule has 1 aromatic heterocycles. The lowest BCUT2D eigenvalue weighted by atomic mass is 10.1. The predicted octanol–water partition coefficient (Wildman–Crippen LogP) is 4.44. The molecular formula is C21H22N2O3S. The quantitative estimate of drug-likeness (QED) is 0.446. The monoisotopic (exact) mass is 382 g/mol. The van der Waals surface area contributed by atoms with Crippen LogP contribution in [0.25, 0.3) is 10.9 Å². The van der Waals surface area contributed by atoms with E-state index in [4.69, 9.17) is 4.74 Å². The molecule has 2 aromatic carbocycles. The number of hydrogen-bond acceptors (Lipinski definition) is 4. The molecule has 1 heterocycles. The number of unbranched alkanes of at least 4 members (excludes halogenated alkanes) is 1. The van der Waals surface area contributed by atoms with Crippen molar-refractivity contribution >= 4 is 34.3 Å². The van der Waals surface area contributed by atoms with Gasteiger partial charge in [0.25, 0.3) is 0 Å². The van der Waals surface area contributed by atoms with Crippen molar-refractivity contribution in [2.75, 3.05) is 17.7 Å². The van der Waals surface area contributed by atoms with Crippen molar-refractivity contribution in [1.29, 1.82) is 0 Å². The molecule has 0 saturated heterocycles. The number of rotatable bonds is 8. The van der Waals surface area contributed by atoms with Gasteiger partial charge >= 0.3 is 0 Å². The highest BCUT2D eigenvalue weighted by Gasteiger charge is 2.11. The first-order valence-electron chi connectivity index (χ1n) is 8.88. The van der Waals surface area contributed by atoms with Crippen LogP contribution in [0, 0.1) is 0 Å². The van der Waals surface area contributed by atoms with E-state index in [9.17, 15) is 9.59 Å². The van der Waals surface area contributed by atoms with E-state index >= 15 is 0 Å². The minimum Gasteiger partial charge on any atom is -0.491 e. The van der Waals surface area contributed by atoms with Crippen molar-refractivity contribution in [3.05, 3.63) is 65.0 Å². The number of thioether (sulfide) groups is 1. The predicted molar refractivity (Wildman–Crippen MR) is 111 cm³/mol. The number of nitrogens with one attached hydrogen (secondary N) is 2. The van der Waals surface area contributed by atoms with E-state index in [2.05, 4.69) is 22.4 Å². The molecule has 0 bridgehead atoms. The van der Waals surface area contributed by atoms with Gasteiger partial charge in [0.2, 0.25) is 11.5 Å². The number of carbonyl (C=O) groups excluding carboxylic acids is 1. The van der Waals surface area contributed by atoms with Crippen LogP contribution >= 0.6 is 11.8 Å². The molecule has 3 rings (SSSR count). The van der Waals surface area contributed by atoms with Gasteiger partial charge in [0.15, 0.2) is 0 Å². The Bertz CT molecular complexity index is 970. The lowest BCUT2D eigenvalue weighted by Crippen LogP contribution is -2.10. The van der Waals surface area contributed by atoms with Gasteiger partial charge in [-0.15, -0.1) is 11.8 Å². The number of hydrogen-bond donors (Lipinski definition) is 2. The molecule has 0 radical (unpaired) electrons. The maximum Gasteiger partial charge on any atom is 0.248 e. The Morgan fingerprint density at radius 1 is 1.07 bits per heavy atom. The van der Waals surface area contributed by atoms with Gasteiger partial charge in [-0.1, -0.05) is 18.2 Å². The maximum atomic E-state index is 11.6. The summed E-state index contributed by atoms with van der Waals surface area (Å²) in [5.41, 5.74) is 1.08. The molecule has 0 spiro atoms. The van der Waals surface area contributed by atoms with E-state index in [1.165, 1.54) is 17.9 Å². The number of anilines is 1. The summed E-state index contributed by atoms with van der Waals surface area (Å²) in [6.07, 6.45) is 1.96. The Labute approximate surface area is 162 Å². The van der Waals surface area contributed by atoms with Crippen LogP contribution in [-0.2, 0) is 4.79 Å². The van der Waals surface area contributed by atoms with Gasteiger partial charge in [-0.25, -0.2) is 0 Å². The SMILES string of the molecule is CC(=O)Nc1c(OCCCCSc2ccccc2)ccc2[nH]c(=O)ccc12. The van der Waals surface area contributed by atoms with Crippen molar-refractivity contribution < 1.29 is 9.53 Å². The number of benzene rings is 2. The van der Waals surface area contributed by atoms with Crippen LogP contribution in [0.15, 0.2) is 64.3 Å². The lowest BCUT2D eigenvalue weighted by molar-refractivity contribution is -0.114. The van der Waals surface area contributed by atoms with Gasteiger partial charge in [-0.2, -0.15) is 0 Å². The largest absolute Gasteiger partial charge is 0.491 e. The lowest BCUT2D eigenvalue weighted by Gasteiger charge is -2.14. The van der Waals surface area contributed by atoms with Gasteiger partial charge < -0.3 is 15.0 Å². The molecule has 0 unspecified atom stereocenters. The number of fused-ring (bicyclic) bond motifs is 1. The number of amides is 1. The Balaban J connectivity index is 1.59. The first-order valence-corrected chi connectivity index (χ1v) is 9.86. The summed E-state index contributed by atoms with van der Waals surface area (Å²) in [4.78, 5) is 27.1. The second-order valence-electron chi connectivity index (χ2n) is 6.12. The third-order valence-electron chi connectivity index (χ3n) is 3.98. The zero-order valence-corrected chi connectivity index (χ0v) is 16.0. The summed E-state index contributed by atoms with van der Waals surface area (Å²) in [6, 6.07) is 17.0. The van der Waals surface area contributed by atoms with Gasteiger partial charge in [0.1, 0.15) is 5.75 Å². The molecule has 2 N–H and O–H groups in total. The zero-order valence-electron chi connectivity index (χ0n) is 15.2. The fraction of sp³-hybridized carbons (Fsp3) is 0.238. The standard InChI is InChI=1S/C21H22N2O3S/c1-15(24)22-21-17-9-12-20(25)23-18(17)10-11-19(21)26-13-5-6-14-27-16-7-3-2-4-8-16/h2-4,7-12H,5-6,13-14H2,1H3,(H,22,24)(H,23,25). The third kappa shape index (κ3) is 5.37. The van der Waals surface area contributed by atoms with Gasteiger partial charge in [0, 0.05) is 23.3 Å². The van der Waals surface area contributed by atoms with Crippen molar-refractivity contribution in [1.82, 2.24) is 4.98 Å². The maximum absolute atomic E-state index is 11.6. The fourth-order valence-corrected chi connectivity index (χ4v) is 3.67. The van der Waals surface area contributed by atoms with Crippen molar-refractivity contribution in [3.8, 4) is 5.75 Å². The summed E-state index contributed by atoms with van der Waals surface area (Å²) in [5, 5.41) is 3.57. The molecule has 1 amide bonds. The Hall–Kier alpha value is -2.73. The molecule has 27 heavy (non-hydrogen) atoms. The van der Waals surface area contributed by atoms with E-state index in [0.29, 0.717) is 23.6 Å². The number of aromatic amines is 1. The van der Waals surface area contributed by atoms with Crippen LogP contribution in [0.3, 0.4) is 0 Å². The molecule has 140 valence electrons. The number of aromatic nitrogens is 1. The Kier molecular flexibility index (Phi) is 6.54. The zero-order chi connectivity index (χ0) is 19.1. The minimum atomic E-state index is -0.183. The van der Waals surface area contributed by atoms with E-state index in [-0.39, 0.29) is 11.5 Å². The van der Waals surface area contributed by atoms with Crippen molar-refractivity contribution in [2.45, 2.75) is 24.7 Å². The average Bonchev–Trinajstić information content (AvgIpc) is 2.66. The molecule has 0 aliphatic heterocycles. The summed E-state index contributed by atoms with van der Waals surface area (Å²) in [7, 11) is 0. The summed E-state index contributed by atoms with van der Waals surface area (Å²) in [5.74, 6) is 1.46. The topological polar surface area (TPSA) is 71.2 Å². The summed E-state index contributed by atoms with van der Waals surface area (Å²) >= 11 is 1.84. The number of carbonyl (C=O) groups is 1. The van der Waals surface area contributed by atoms with Crippen LogP contribution in [0.4, 0.5) is 5.69 Å². The fourth-order valence-electron chi connectivity index (χ4n) is 2.73. The molecule has 0 aliphatic carbocycles. The number of ether oxygens (including phenoxy) is 1. The average molecular weight is 382 g/mol. The number of pyridine rings is 1. The molecule has 3 aromatic rings. The Morgan fingerprint density at radius 2 is 1.89 bits per heavy atom. The first-order chi connectivity index (χ1) is 13.1. The number of H-pyrrole nitrogens is 1. The van der Waals surface area contributed by atoms with Gasteiger partial charge in [-0.3, -0.25) is 9.59 Å². The van der Waals surface area contributed by atoms with Crippen molar-refractivity contribution in [3.63, 3.8) is 0 Å². The second-order valence-corrected chi connectivity index (χ2v) is 7.29. The molecule has 0 saturated carbocycles. The smallest absolute Gasteiger partial charge is 0.248 e. The first kappa shape index (κ1) is 19.0. The highest BCUT2D eigenvalue weighted by molar-refractivity contribution is 7.99. The van der Waals surface area contributed by atoms with E-state index < -0.39 is 0 Å². The van der Waals surface area contributed by atoms with Crippen LogP contribution in [-0.4, -0.2) is 23.3 Å². The van der Waals surface area contributed by atoms with Crippen LogP contribution in [0.5, 0.6) is 5.75 Å². The summed E-state index contributed by atoms with van der Waals surface area (Å²) < 4.78 is 5.91. The van der Waals surface area contributed by atoms with Gasteiger partial charge in [-0.05, 0) is 48.9 Å². The molecule has 0 aliphatic rings. The molecule has 0 atom stereocenters. The molecule has 0 fully saturated rings. The highest BCUT2D eigenvalue weighted by atomic mass is 32.2. The van der Waals surface area contributed by atoms with Gasteiger partial charge in [0.05, 0.1) is 17.8 Å². The highest BCUT2D eigenvalue weighted by Crippen LogP contribution is 2.32. The van der Waals surface area contributed by atoms with Crippen LogP contribution in [0.1, 0.15) is 19.8 Å². The van der Waals surface area contributed by atoms with E-state index in [0.717, 1.165) is 24.0 Å². The molecule has 5 nitrogen and oxygen atoms in total. The second kappa shape index (κ2) is 9.28.